The van der Waals surface area contributed by atoms with E-state index in [-0.39, 0.29) is 19.3 Å². The molecule has 0 radical (unpaired) electrons. The highest BCUT2D eigenvalue weighted by Gasteiger charge is 2.52. The number of rotatable bonds is 48. The highest BCUT2D eigenvalue weighted by atomic mass is 16.4. The molecule has 6 heteroatoms. The Labute approximate surface area is 377 Å². The second-order valence-electron chi connectivity index (χ2n) is 18.3. The second kappa shape index (κ2) is 44.7. The summed E-state index contributed by atoms with van der Waals surface area (Å²) in [6, 6.07) is 0. The standard InChI is InChI=1S/C55H100O6/c1-4-7-10-13-16-19-22-25-27-30-33-36-39-42-45-48-51(57)55(61,52(58)49-46-43-40-37-34-31-28-26-23-20-17-14-11-8-5-2)54(60)53(59)50(56)47-44-41-38-35-32-29-24-21-18-15-12-9-6-3/h21,24-28,53-54,59-61H,4-20,22-23,29-49H2,1-3H3/b24-21-,27-25-,28-26-. The number of unbranched alkanes of at least 4 members (excludes halogenated alkanes) is 31. The first-order chi connectivity index (χ1) is 29.8. The Kier molecular flexibility index (Phi) is 43.3. The number of carbonyl (C=O) groups is 3. The van der Waals surface area contributed by atoms with Crippen LogP contribution in [0.25, 0.3) is 0 Å². The van der Waals surface area contributed by atoms with E-state index in [9.17, 15) is 29.7 Å². The molecule has 0 aromatic carbocycles. The van der Waals surface area contributed by atoms with Crippen molar-refractivity contribution in [2.45, 2.75) is 295 Å². The molecular formula is C55H100O6. The molecule has 0 amide bonds. The van der Waals surface area contributed by atoms with Crippen molar-refractivity contribution in [3.05, 3.63) is 36.5 Å². The molecule has 0 aliphatic heterocycles. The zero-order chi connectivity index (χ0) is 44.9. The van der Waals surface area contributed by atoms with Crippen LogP contribution in [0.3, 0.4) is 0 Å². The number of aliphatic hydroxyl groups excluding tert-OH is 2. The van der Waals surface area contributed by atoms with Gasteiger partial charge < -0.3 is 15.3 Å². The van der Waals surface area contributed by atoms with E-state index in [4.69, 9.17) is 0 Å². The molecular weight excluding hydrogens is 757 g/mol. The topological polar surface area (TPSA) is 112 Å². The van der Waals surface area contributed by atoms with Crippen LogP contribution in [0.2, 0.25) is 0 Å². The summed E-state index contributed by atoms with van der Waals surface area (Å²) in [5.74, 6) is -2.19. The molecule has 0 aromatic rings. The predicted molar refractivity (Wildman–Crippen MR) is 261 cm³/mol. The van der Waals surface area contributed by atoms with Gasteiger partial charge in [-0.15, -0.1) is 0 Å². The van der Waals surface area contributed by atoms with E-state index < -0.39 is 35.2 Å². The number of carbonyl (C=O) groups excluding carboxylic acids is 3. The molecule has 0 spiro atoms. The Morgan fingerprint density at radius 2 is 0.590 bits per heavy atom. The van der Waals surface area contributed by atoms with Crippen LogP contribution in [0.1, 0.15) is 278 Å². The lowest BCUT2D eigenvalue weighted by molar-refractivity contribution is -0.174. The minimum atomic E-state index is -2.78. The first-order valence-electron chi connectivity index (χ1n) is 26.4. The van der Waals surface area contributed by atoms with Gasteiger partial charge in [-0.25, -0.2) is 0 Å². The summed E-state index contributed by atoms with van der Waals surface area (Å²) in [6.45, 7) is 6.72. The lowest BCUT2D eigenvalue weighted by Crippen LogP contribution is -2.61. The Morgan fingerprint density at radius 1 is 0.361 bits per heavy atom. The molecule has 356 valence electrons. The highest BCUT2D eigenvalue weighted by Crippen LogP contribution is 2.25. The SMILES string of the molecule is CCCCCC/C=C\CCCCCCCC(=O)C(O)C(O)C(O)(C(=O)CCCCCCC/C=C\CCCCCCCC)C(=O)CCCCCCC/C=C\CCCCCCCC. The first kappa shape index (κ1) is 59.1. The van der Waals surface area contributed by atoms with E-state index in [1.807, 2.05) is 0 Å². The average molecular weight is 857 g/mol. The van der Waals surface area contributed by atoms with Crippen molar-refractivity contribution in [1.29, 1.82) is 0 Å². The van der Waals surface area contributed by atoms with Gasteiger partial charge >= 0.3 is 0 Å². The highest BCUT2D eigenvalue weighted by molar-refractivity contribution is 6.11. The van der Waals surface area contributed by atoms with Crippen molar-refractivity contribution < 1.29 is 29.7 Å². The van der Waals surface area contributed by atoms with Gasteiger partial charge in [-0.3, -0.25) is 14.4 Å². The summed E-state index contributed by atoms with van der Waals surface area (Å²) in [5, 5.41) is 33.8. The van der Waals surface area contributed by atoms with Crippen molar-refractivity contribution in [1.82, 2.24) is 0 Å². The number of aliphatic hydroxyl groups is 3. The van der Waals surface area contributed by atoms with Gasteiger partial charge in [0.1, 0.15) is 12.2 Å². The van der Waals surface area contributed by atoms with Gasteiger partial charge in [-0.1, -0.05) is 198 Å². The normalized spacial score (nSPS) is 13.3. The summed E-state index contributed by atoms with van der Waals surface area (Å²) in [4.78, 5) is 40.2. The summed E-state index contributed by atoms with van der Waals surface area (Å²) in [5.41, 5.74) is -2.78. The van der Waals surface area contributed by atoms with E-state index in [2.05, 4.69) is 57.2 Å². The molecule has 0 rings (SSSR count). The molecule has 0 aromatic heterocycles. The fraction of sp³-hybridized carbons (Fsp3) is 0.836. The molecule has 0 fully saturated rings. The van der Waals surface area contributed by atoms with Crippen LogP contribution in [-0.2, 0) is 14.4 Å². The Bertz CT molecular complexity index is 1040. The minimum absolute atomic E-state index is 0.0385. The van der Waals surface area contributed by atoms with Gasteiger partial charge in [0.2, 0.25) is 5.60 Å². The smallest absolute Gasteiger partial charge is 0.210 e. The zero-order valence-electron chi connectivity index (χ0n) is 40.5. The van der Waals surface area contributed by atoms with Crippen LogP contribution in [0.5, 0.6) is 0 Å². The molecule has 0 saturated carbocycles. The molecule has 0 aliphatic carbocycles. The van der Waals surface area contributed by atoms with Crippen molar-refractivity contribution >= 4 is 17.3 Å². The van der Waals surface area contributed by atoms with Gasteiger partial charge in [0.25, 0.3) is 0 Å². The van der Waals surface area contributed by atoms with E-state index in [1.54, 1.807) is 0 Å². The lowest BCUT2D eigenvalue weighted by atomic mass is 9.79. The largest absolute Gasteiger partial charge is 0.386 e. The van der Waals surface area contributed by atoms with Crippen molar-refractivity contribution in [2.75, 3.05) is 0 Å². The van der Waals surface area contributed by atoms with Gasteiger partial charge in [0.15, 0.2) is 17.3 Å². The van der Waals surface area contributed by atoms with Gasteiger partial charge in [0, 0.05) is 19.3 Å². The fourth-order valence-corrected chi connectivity index (χ4v) is 8.15. The van der Waals surface area contributed by atoms with Crippen LogP contribution in [-0.4, -0.2) is 50.5 Å². The van der Waals surface area contributed by atoms with Crippen molar-refractivity contribution in [2.24, 2.45) is 0 Å². The monoisotopic (exact) mass is 857 g/mol. The number of ketones is 3. The third-order valence-electron chi connectivity index (χ3n) is 12.4. The van der Waals surface area contributed by atoms with Crippen molar-refractivity contribution in [3.8, 4) is 0 Å². The lowest BCUT2D eigenvalue weighted by Gasteiger charge is -2.32. The second-order valence-corrected chi connectivity index (χ2v) is 18.3. The maximum absolute atomic E-state index is 13.6. The summed E-state index contributed by atoms with van der Waals surface area (Å²) in [6.07, 6.45) is 50.1. The Morgan fingerprint density at radius 3 is 0.885 bits per heavy atom. The van der Waals surface area contributed by atoms with E-state index >= 15 is 0 Å². The third kappa shape index (κ3) is 34.2. The van der Waals surface area contributed by atoms with Gasteiger partial charge in [-0.05, 0) is 96.3 Å². The molecule has 2 atom stereocenters. The van der Waals surface area contributed by atoms with Crippen LogP contribution < -0.4 is 0 Å². The van der Waals surface area contributed by atoms with Gasteiger partial charge in [-0.2, -0.15) is 0 Å². The molecule has 0 heterocycles. The molecule has 6 nitrogen and oxygen atoms in total. The predicted octanol–water partition coefficient (Wildman–Crippen LogP) is 15.5. The summed E-state index contributed by atoms with van der Waals surface area (Å²) < 4.78 is 0. The van der Waals surface area contributed by atoms with Crippen LogP contribution in [0, 0.1) is 0 Å². The molecule has 3 N–H and O–H groups in total. The molecule has 0 saturated heterocycles. The number of hydrogen-bond donors (Lipinski definition) is 3. The quantitative estimate of drug-likeness (QED) is 0.0319. The van der Waals surface area contributed by atoms with E-state index in [0.717, 1.165) is 116 Å². The molecule has 2 unspecified atom stereocenters. The van der Waals surface area contributed by atoms with E-state index in [0.29, 0.717) is 19.3 Å². The Hall–Kier alpha value is -1.89. The maximum atomic E-state index is 13.6. The summed E-state index contributed by atoms with van der Waals surface area (Å²) in [7, 11) is 0. The number of allylic oxidation sites excluding steroid dienone is 6. The third-order valence-corrected chi connectivity index (χ3v) is 12.4. The van der Waals surface area contributed by atoms with Crippen LogP contribution in [0.15, 0.2) is 36.5 Å². The fourth-order valence-electron chi connectivity index (χ4n) is 8.15. The Balaban J connectivity index is 4.85. The van der Waals surface area contributed by atoms with Crippen LogP contribution in [0.4, 0.5) is 0 Å². The minimum Gasteiger partial charge on any atom is -0.386 e. The van der Waals surface area contributed by atoms with Crippen molar-refractivity contribution in [3.63, 3.8) is 0 Å². The summed E-state index contributed by atoms with van der Waals surface area (Å²) >= 11 is 0. The first-order valence-corrected chi connectivity index (χ1v) is 26.4. The average Bonchev–Trinajstić information content (AvgIpc) is 3.26. The van der Waals surface area contributed by atoms with Crippen LogP contribution >= 0.6 is 0 Å². The number of hydrogen-bond acceptors (Lipinski definition) is 6. The van der Waals surface area contributed by atoms with E-state index in [1.165, 1.54) is 103 Å². The maximum Gasteiger partial charge on any atom is 0.210 e. The molecule has 0 aliphatic rings. The molecule has 61 heavy (non-hydrogen) atoms. The molecule has 0 bridgehead atoms. The van der Waals surface area contributed by atoms with Gasteiger partial charge in [0.05, 0.1) is 0 Å². The number of Topliss-reactive ketones (excluding diaryl/α,β-unsaturated/α-hetero) is 3. The zero-order valence-corrected chi connectivity index (χ0v) is 40.5.